The Morgan fingerprint density at radius 1 is 1.60 bits per heavy atom. The summed E-state index contributed by atoms with van der Waals surface area (Å²) in [4.78, 5) is 24.9. The summed E-state index contributed by atoms with van der Waals surface area (Å²) in [6.45, 7) is 4.76. The van der Waals surface area contributed by atoms with Crippen LogP contribution in [0, 0.1) is 5.92 Å². The minimum absolute atomic E-state index is 0.0114. The van der Waals surface area contributed by atoms with Gasteiger partial charge in [-0.05, 0) is 12.8 Å². The van der Waals surface area contributed by atoms with Gasteiger partial charge in [0.1, 0.15) is 0 Å². The van der Waals surface area contributed by atoms with Crippen LogP contribution in [-0.2, 0) is 9.59 Å². The highest BCUT2D eigenvalue weighted by molar-refractivity contribution is 5.89. The normalized spacial score (nSPS) is 24.8. The molecule has 0 bridgehead atoms. The first-order valence-electron chi connectivity index (χ1n) is 5.40. The Balaban J connectivity index is 1.97. The standard InChI is InChI=1S/C11H16N2O2/c1-2-5-13(9-3-4-9)11(15)8-6-10(14)12-7-8/h2,8-9H,1,3-7H2,(H,12,14). The highest BCUT2D eigenvalue weighted by Gasteiger charge is 2.37. The highest BCUT2D eigenvalue weighted by Crippen LogP contribution is 2.29. The zero-order valence-corrected chi connectivity index (χ0v) is 8.74. The van der Waals surface area contributed by atoms with Crippen molar-refractivity contribution in [2.45, 2.75) is 25.3 Å². The molecule has 0 aromatic carbocycles. The summed E-state index contributed by atoms with van der Waals surface area (Å²) in [6, 6.07) is 0.395. The third-order valence-corrected chi connectivity index (χ3v) is 2.92. The van der Waals surface area contributed by atoms with Crippen molar-refractivity contribution in [3.8, 4) is 0 Å². The summed E-state index contributed by atoms with van der Waals surface area (Å²) in [5.41, 5.74) is 0. The maximum Gasteiger partial charge on any atom is 0.228 e. The first kappa shape index (κ1) is 10.2. The quantitative estimate of drug-likeness (QED) is 0.675. The van der Waals surface area contributed by atoms with Crippen molar-refractivity contribution < 1.29 is 9.59 Å². The topological polar surface area (TPSA) is 49.4 Å². The van der Waals surface area contributed by atoms with E-state index in [1.807, 2.05) is 4.90 Å². The molecule has 1 aliphatic carbocycles. The van der Waals surface area contributed by atoms with Crippen LogP contribution in [0.3, 0.4) is 0 Å². The van der Waals surface area contributed by atoms with Gasteiger partial charge >= 0.3 is 0 Å². The van der Waals surface area contributed by atoms with Crippen molar-refractivity contribution in [2.24, 2.45) is 5.92 Å². The molecule has 1 atom stereocenters. The summed E-state index contributed by atoms with van der Waals surface area (Å²) in [6.07, 6.45) is 4.28. The SMILES string of the molecule is C=CCN(C(=O)C1CNC(=O)C1)C1CC1. The van der Waals surface area contributed by atoms with Gasteiger partial charge in [-0.2, -0.15) is 0 Å². The van der Waals surface area contributed by atoms with Gasteiger partial charge in [-0.25, -0.2) is 0 Å². The van der Waals surface area contributed by atoms with Crippen LogP contribution in [0.25, 0.3) is 0 Å². The molecule has 1 heterocycles. The summed E-state index contributed by atoms with van der Waals surface area (Å²) >= 11 is 0. The summed E-state index contributed by atoms with van der Waals surface area (Å²) < 4.78 is 0. The van der Waals surface area contributed by atoms with Crippen LogP contribution in [0.15, 0.2) is 12.7 Å². The van der Waals surface area contributed by atoms with Crippen molar-refractivity contribution in [2.75, 3.05) is 13.1 Å². The van der Waals surface area contributed by atoms with Crippen molar-refractivity contribution >= 4 is 11.8 Å². The van der Waals surface area contributed by atoms with E-state index in [1.54, 1.807) is 6.08 Å². The van der Waals surface area contributed by atoms with Crippen molar-refractivity contribution in [3.63, 3.8) is 0 Å². The molecule has 1 aliphatic heterocycles. The molecule has 0 aromatic heterocycles. The Labute approximate surface area is 89.3 Å². The smallest absolute Gasteiger partial charge is 0.228 e. The Bertz CT molecular complexity index is 297. The molecule has 1 saturated heterocycles. The summed E-state index contributed by atoms with van der Waals surface area (Å²) in [5, 5.41) is 2.69. The van der Waals surface area contributed by atoms with Crippen LogP contribution >= 0.6 is 0 Å². The summed E-state index contributed by atoms with van der Waals surface area (Å²) in [7, 11) is 0. The molecular weight excluding hydrogens is 192 g/mol. The number of rotatable bonds is 4. The average molecular weight is 208 g/mol. The Morgan fingerprint density at radius 2 is 2.33 bits per heavy atom. The Kier molecular flexibility index (Phi) is 2.75. The maximum atomic E-state index is 12.0. The monoisotopic (exact) mass is 208 g/mol. The lowest BCUT2D eigenvalue weighted by Crippen LogP contribution is -2.38. The van der Waals surface area contributed by atoms with Crippen molar-refractivity contribution in [1.82, 2.24) is 10.2 Å². The molecule has 82 valence electrons. The van der Waals surface area contributed by atoms with E-state index in [2.05, 4.69) is 11.9 Å². The average Bonchev–Trinajstić information content (AvgIpc) is 2.96. The van der Waals surface area contributed by atoms with E-state index in [4.69, 9.17) is 0 Å². The lowest BCUT2D eigenvalue weighted by molar-refractivity contribution is -0.135. The highest BCUT2D eigenvalue weighted by atomic mass is 16.2. The fourth-order valence-electron chi connectivity index (χ4n) is 1.96. The van der Waals surface area contributed by atoms with Crippen LogP contribution in [0.2, 0.25) is 0 Å². The zero-order valence-electron chi connectivity index (χ0n) is 8.74. The number of hydrogen-bond acceptors (Lipinski definition) is 2. The van der Waals surface area contributed by atoms with E-state index < -0.39 is 0 Å². The molecule has 15 heavy (non-hydrogen) atoms. The van der Waals surface area contributed by atoms with Crippen molar-refractivity contribution in [3.05, 3.63) is 12.7 Å². The zero-order chi connectivity index (χ0) is 10.8. The number of carbonyl (C=O) groups excluding carboxylic acids is 2. The van der Waals surface area contributed by atoms with E-state index in [0.29, 0.717) is 25.6 Å². The predicted octanol–water partition coefficient (Wildman–Crippen LogP) is 0.299. The van der Waals surface area contributed by atoms with Crippen LogP contribution in [-0.4, -0.2) is 35.8 Å². The molecule has 2 aliphatic rings. The molecule has 0 aromatic rings. The molecule has 2 fully saturated rings. The molecule has 2 amide bonds. The van der Waals surface area contributed by atoms with Gasteiger partial charge in [-0.1, -0.05) is 6.08 Å². The molecule has 1 N–H and O–H groups in total. The lowest BCUT2D eigenvalue weighted by Gasteiger charge is -2.23. The third-order valence-electron chi connectivity index (χ3n) is 2.92. The molecule has 1 unspecified atom stereocenters. The van der Waals surface area contributed by atoms with Gasteiger partial charge in [0.15, 0.2) is 0 Å². The van der Waals surface area contributed by atoms with Crippen LogP contribution < -0.4 is 5.32 Å². The second-order valence-electron chi connectivity index (χ2n) is 4.22. The van der Waals surface area contributed by atoms with Gasteiger partial charge in [0.05, 0.1) is 5.92 Å². The molecular formula is C11H16N2O2. The number of nitrogens with zero attached hydrogens (tertiary/aromatic N) is 1. The van der Waals surface area contributed by atoms with Gasteiger partial charge in [-0.3, -0.25) is 9.59 Å². The van der Waals surface area contributed by atoms with Gasteiger partial charge in [0.2, 0.25) is 11.8 Å². The van der Waals surface area contributed by atoms with Gasteiger partial charge in [0, 0.05) is 25.6 Å². The van der Waals surface area contributed by atoms with Crippen LogP contribution in [0.4, 0.5) is 0 Å². The summed E-state index contributed by atoms with van der Waals surface area (Å²) in [5.74, 6) is -0.0588. The second kappa shape index (κ2) is 4.04. The predicted molar refractivity (Wildman–Crippen MR) is 56.0 cm³/mol. The van der Waals surface area contributed by atoms with E-state index in [9.17, 15) is 9.59 Å². The number of hydrogen-bond donors (Lipinski definition) is 1. The van der Waals surface area contributed by atoms with Crippen molar-refractivity contribution in [1.29, 1.82) is 0 Å². The first-order valence-corrected chi connectivity index (χ1v) is 5.40. The molecule has 0 radical (unpaired) electrons. The minimum Gasteiger partial charge on any atom is -0.355 e. The number of amides is 2. The van der Waals surface area contributed by atoms with E-state index in [1.165, 1.54) is 0 Å². The van der Waals surface area contributed by atoms with Gasteiger partial charge in [0.25, 0.3) is 0 Å². The van der Waals surface area contributed by atoms with E-state index >= 15 is 0 Å². The first-order chi connectivity index (χ1) is 7.22. The fraction of sp³-hybridized carbons (Fsp3) is 0.636. The van der Waals surface area contributed by atoms with Gasteiger partial charge in [-0.15, -0.1) is 6.58 Å². The number of nitrogens with one attached hydrogen (secondary N) is 1. The lowest BCUT2D eigenvalue weighted by atomic mass is 10.1. The van der Waals surface area contributed by atoms with E-state index in [0.717, 1.165) is 12.8 Å². The molecule has 4 heteroatoms. The second-order valence-corrected chi connectivity index (χ2v) is 4.22. The third kappa shape index (κ3) is 2.19. The van der Waals surface area contributed by atoms with Crippen LogP contribution in [0.5, 0.6) is 0 Å². The molecule has 4 nitrogen and oxygen atoms in total. The molecule has 1 saturated carbocycles. The maximum absolute atomic E-state index is 12.0. The van der Waals surface area contributed by atoms with E-state index in [-0.39, 0.29) is 17.7 Å². The molecule has 2 rings (SSSR count). The largest absolute Gasteiger partial charge is 0.355 e. The Hall–Kier alpha value is -1.32. The molecule has 0 spiro atoms. The van der Waals surface area contributed by atoms with Gasteiger partial charge < -0.3 is 10.2 Å². The fourth-order valence-corrected chi connectivity index (χ4v) is 1.96. The Morgan fingerprint density at radius 3 is 2.80 bits per heavy atom. The minimum atomic E-state index is -0.155. The number of carbonyl (C=O) groups is 2. The van der Waals surface area contributed by atoms with Crippen LogP contribution in [0.1, 0.15) is 19.3 Å².